The van der Waals surface area contributed by atoms with Crippen molar-refractivity contribution in [3.05, 3.63) is 83.4 Å². The van der Waals surface area contributed by atoms with E-state index in [1.807, 2.05) is 6.08 Å². The first-order chi connectivity index (χ1) is 9.61. The second-order valence-electron chi connectivity index (χ2n) is 5.39. The Bertz CT molecular complexity index is 572. The van der Waals surface area contributed by atoms with Gasteiger partial charge in [-0.05, 0) is 37.5 Å². The summed E-state index contributed by atoms with van der Waals surface area (Å²) in [5, 5.41) is 3.65. The average Bonchev–Trinajstić information content (AvgIpc) is 2.48. The first-order valence-electron chi connectivity index (χ1n) is 7.12. The van der Waals surface area contributed by atoms with E-state index in [2.05, 4.69) is 81.2 Å². The standard InChI is InChI=1S/C19H23N/c1-5-16(4)20-19(17-9-7-6-8-10-17)18-13-14(2)11-12-15(18)3/h5-13,16,19-20H,1H2,2-4H3. The Labute approximate surface area is 122 Å². The lowest BCUT2D eigenvalue weighted by molar-refractivity contribution is 0.561. The monoisotopic (exact) mass is 265 g/mol. The minimum Gasteiger partial charge on any atom is -0.300 e. The number of aryl methyl sites for hydroxylation is 2. The molecule has 1 heteroatoms. The number of hydrogen-bond acceptors (Lipinski definition) is 1. The van der Waals surface area contributed by atoms with Crippen molar-refractivity contribution in [2.24, 2.45) is 0 Å². The van der Waals surface area contributed by atoms with E-state index in [1.54, 1.807) is 0 Å². The second kappa shape index (κ2) is 6.53. The van der Waals surface area contributed by atoms with Gasteiger partial charge in [-0.15, -0.1) is 6.58 Å². The summed E-state index contributed by atoms with van der Waals surface area (Å²) in [4.78, 5) is 0. The maximum Gasteiger partial charge on any atom is 0.0583 e. The van der Waals surface area contributed by atoms with Crippen LogP contribution in [0.25, 0.3) is 0 Å². The summed E-state index contributed by atoms with van der Waals surface area (Å²) < 4.78 is 0. The van der Waals surface area contributed by atoms with Crippen molar-refractivity contribution in [2.45, 2.75) is 32.9 Å². The lowest BCUT2D eigenvalue weighted by Gasteiger charge is -2.24. The summed E-state index contributed by atoms with van der Waals surface area (Å²) in [6.07, 6.45) is 1.95. The highest BCUT2D eigenvalue weighted by molar-refractivity contribution is 5.39. The molecule has 0 saturated heterocycles. The average molecular weight is 265 g/mol. The van der Waals surface area contributed by atoms with Crippen LogP contribution in [0, 0.1) is 13.8 Å². The van der Waals surface area contributed by atoms with Crippen molar-refractivity contribution in [1.82, 2.24) is 5.32 Å². The Hall–Kier alpha value is -1.86. The van der Waals surface area contributed by atoms with Crippen molar-refractivity contribution < 1.29 is 0 Å². The van der Waals surface area contributed by atoms with Crippen LogP contribution in [0.5, 0.6) is 0 Å². The van der Waals surface area contributed by atoms with E-state index in [4.69, 9.17) is 0 Å². The first-order valence-corrected chi connectivity index (χ1v) is 7.12. The summed E-state index contributed by atoms with van der Waals surface area (Å²) in [6, 6.07) is 17.7. The molecule has 0 amide bonds. The molecule has 2 atom stereocenters. The third-order valence-corrected chi connectivity index (χ3v) is 3.66. The molecule has 2 unspecified atom stereocenters. The first kappa shape index (κ1) is 14.5. The highest BCUT2D eigenvalue weighted by Crippen LogP contribution is 2.26. The molecule has 2 rings (SSSR count). The molecule has 1 N–H and O–H groups in total. The molecule has 0 aliphatic rings. The fourth-order valence-corrected chi connectivity index (χ4v) is 2.41. The third kappa shape index (κ3) is 3.37. The third-order valence-electron chi connectivity index (χ3n) is 3.66. The second-order valence-corrected chi connectivity index (χ2v) is 5.39. The van der Waals surface area contributed by atoms with Crippen LogP contribution in [-0.4, -0.2) is 6.04 Å². The molecule has 0 saturated carbocycles. The van der Waals surface area contributed by atoms with Crippen molar-refractivity contribution in [3.8, 4) is 0 Å². The number of benzene rings is 2. The van der Waals surface area contributed by atoms with Gasteiger partial charge in [-0.25, -0.2) is 0 Å². The van der Waals surface area contributed by atoms with Gasteiger partial charge >= 0.3 is 0 Å². The van der Waals surface area contributed by atoms with Crippen molar-refractivity contribution in [3.63, 3.8) is 0 Å². The minimum absolute atomic E-state index is 0.198. The molecule has 0 aliphatic heterocycles. The van der Waals surface area contributed by atoms with Gasteiger partial charge in [-0.1, -0.05) is 60.2 Å². The summed E-state index contributed by atoms with van der Waals surface area (Å²) in [7, 11) is 0. The molecule has 0 aliphatic carbocycles. The van der Waals surface area contributed by atoms with Gasteiger partial charge in [0.25, 0.3) is 0 Å². The fourth-order valence-electron chi connectivity index (χ4n) is 2.41. The van der Waals surface area contributed by atoms with Crippen LogP contribution in [0.1, 0.15) is 35.2 Å². The molecule has 0 fully saturated rings. The van der Waals surface area contributed by atoms with Gasteiger partial charge in [-0.3, -0.25) is 0 Å². The summed E-state index contributed by atoms with van der Waals surface area (Å²) >= 11 is 0. The van der Waals surface area contributed by atoms with Crippen LogP contribution in [-0.2, 0) is 0 Å². The molecule has 0 radical (unpaired) electrons. The quantitative estimate of drug-likeness (QED) is 0.782. The number of nitrogens with one attached hydrogen (secondary N) is 1. The van der Waals surface area contributed by atoms with E-state index >= 15 is 0 Å². The van der Waals surface area contributed by atoms with Gasteiger partial charge in [0.05, 0.1) is 6.04 Å². The largest absolute Gasteiger partial charge is 0.300 e. The van der Waals surface area contributed by atoms with E-state index in [0.717, 1.165) is 0 Å². The maximum absolute atomic E-state index is 3.88. The fraction of sp³-hybridized carbons (Fsp3) is 0.263. The Morgan fingerprint density at radius 1 is 1.05 bits per heavy atom. The normalized spacial score (nSPS) is 13.8. The minimum atomic E-state index is 0.198. The van der Waals surface area contributed by atoms with E-state index in [1.165, 1.54) is 22.3 Å². The van der Waals surface area contributed by atoms with Crippen molar-refractivity contribution in [1.29, 1.82) is 0 Å². The molecule has 104 valence electrons. The van der Waals surface area contributed by atoms with Gasteiger partial charge in [0.15, 0.2) is 0 Å². The van der Waals surface area contributed by atoms with E-state index < -0.39 is 0 Å². The van der Waals surface area contributed by atoms with Crippen LogP contribution in [0.4, 0.5) is 0 Å². The topological polar surface area (TPSA) is 12.0 Å². The van der Waals surface area contributed by atoms with Crippen LogP contribution >= 0.6 is 0 Å². The summed E-state index contributed by atoms with van der Waals surface area (Å²) in [5.41, 5.74) is 5.23. The van der Waals surface area contributed by atoms with E-state index in [-0.39, 0.29) is 12.1 Å². The Morgan fingerprint density at radius 3 is 2.40 bits per heavy atom. The van der Waals surface area contributed by atoms with Gasteiger partial charge in [0.1, 0.15) is 0 Å². The Kier molecular flexibility index (Phi) is 4.75. The van der Waals surface area contributed by atoms with Crippen LogP contribution in [0.2, 0.25) is 0 Å². The number of rotatable bonds is 5. The highest BCUT2D eigenvalue weighted by Gasteiger charge is 2.17. The predicted octanol–water partition coefficient (Wildman–Crippen LogP) is 4.56. The van der Waals surface area contributed by atoms with Crippen LogP contribution in [0.3, 0.4) is 0 Å². The molecule has 2 aromatic carbocycles. The van der Waals surface area contributed by atoms with E-state index in [0.29, 0.717) is 0 Å². The molecule has 0 spiro atoms. The Balaban J connectivity index is 2.45. The number of hydrogen-bond donors (Lipinski definition) is 1. The lowest BCUT2D eigenvalue weighted by Crippen LogP contribution is -2.30. The van der Waals surface area contributed by atoms with Crippen LogP contribution in [0.15, 0.2) is 61.2 Å². The zero-order valence-electron chi connectivity index (χ0n) is 12.6. The molecular weight excluding hydrogens is 242 g/mol. The molecule has 1 nitrogen and oxygen atoms in total. The SMILES string of the molecule is C=CC(C)NC(c1ccccc1)c1cc(C)ccc1C. The van der Waals surface area contributed by atoms with Crippen molar-refractivity contribution in [2.75, 3.05) is 0 Å². The smallest absolute Gasteiger partial charge is 0.0583 e. The summed E-state index contributed by atoms with van der Waals surface area (Å²) in [6.45, 7) is 10.3. The Morgan fingerprint density at radius 2 is 1.75 bits per heavy atom. The lowest BCUT2D eigenvalue weighted by atomic mass is 9.93. The highest BCUT2D eigenvalue weighted by atomic mass is 14.9. The van der Waals surface area contributed by atoms with E-state index in [9.17, 15) is 0 Å². The van der Waals surface area contributed by atoms with Crippen molar-refractivity contribution >= 4 is 0 Å². The molecule has 0 bridgehead atoms. The summed E-state index contributed by atoms with van der Waals surface area (Å²) in [5.74, 6) is 0. The predicted molar refractivity (Wildman–Crippen MR) is 87.0 cm³/mol. The molecule has 0 heterocycles. The molecule has 20 heavy (non-hydrogen) atoms. The van der Waals surface area contributed by atoms with Gasteiger partial charge in [0, 0.05) is 6.04 Å². The van der Waals surface area contributed by atoms with Crippen LogP contribution < -0.4 is 5.32 Å². The molecule has 0 aromatic heterocycles. The molecular formula is C19H23N. The van der Waals surface area contributed by atoms with Gasteiger partial charge < -0.3 is 5.32 Å². The maximum atomic E-state index is 3.88. The zero-order valence-corrected chi connectivity index (χ0v) is 12.6. The van der Waals surface area contributed by atoms with Gasteiger partial charge in [0.2, 0.25) is 0 Å². The molecule has 2 aromatic rings. The van der Waals surface area contributed by atoms with Gasteiger partial charge in [-0.2, -0.15) is 0 Å². The zero-order chi connectivity index (χ0) is 14.5.